The van der Waals surface area contributed by atoms with E-state index in [-0.39, 0.29) is 4.93 Å². The van der Waals surface area contributed by atoms with E-state index in [4.69, 9.17) is 4.74 Å². The highest BCUT2D eigenvalue weighted by Gasteiger charge is 2.41. The second-order valence-corrected chi connectivity index (χ2v) is 5.43. The highest BCUT2D eigenvalue weighted by Crippen LogP contribution is 2.46. The van der Waals surface area contributed by atoms with Crippen LogP contribution >= 0.6 is 11.8 Å². The summed E-state index contributed by atoms with van der Waals surface area (Å²) < 4.78 is 5.93. The fraction of sp³-hybridized carbons (Fsp3) is 0.500. The lowest BCUT2D eigenvalue weighted by molar-refractivity contribution is -0.0157. The van der Waals surface area contributed by atoms with Crippen LogP contribution in [0.4, 0.5) is 0 Å². The van der Waals surface area contributed by atoms with E-state index in [1.165, 1.54) is 11.3 Å². The molecule has 1 aromatic carbocycles. The van der Waals surface area contributed by atoms with Gasteiger partial charge in [0.15, 0.2) is 0 Å². The molecule has 1 aromatic rings. The Hall–Kier alpha value is -0.470. The summed E-state index contributed by atoms with van der Waals surface area (Å²) in [4.78, 5) is 0.0514. The first-order valence-corrected chi connectivity index (χ1v) is 6.01. The molecule has 0 aromatic heterocycles. The van der Waals surface area contributed by atoms with Gasteiger partial charge in [0, 0.05) is 11.7 Å². The standard InChI is InChI=1S/C12H16OS/c1-10-9-14-12(10,2)13-8-11-6-4-3-5-7-11/h3-7,10H,8-9H2,1-2H3/t10?,12-/m1/s1. The van der Waals surface area contributed by atoms with Crippen LogP contribution in [0.25, 0.3) is 0 Å². The van der Waals surface area contributed by atoms with Crippen LogP contribution in [0.5, 0.6) is 0 Å². The molecule has 0 bridgehead atoms. The lowest BCUT2D eigenvalue weighted by atomic mass is 10.1. The van der Waals surface area contributed by atoms with Crippen LogP contribution in [0, 0.1) is 5.92 Å². The van der Waals surface area contributed by atoms with E-state index in [0.717, 1.165) is 6.61 Å². The van der Waals surface area contributed by atoms with Crippen LogP contribution in [-0.2, 0) is 11.3 Å². The van der Waals surface area contributed by atoms with Gasteiger partial charge in [0.2, 0.25) is 0 Å². The number of benzene rings is 1. The Labute approximate surface area is 89.9 Å². The number of hydrogen-bond donors (Lipinski definition) is 0. The molecule has 0 spiro atoms. The van der Waals surface area contributed by atoms with Crippen LogP contribution in [0.15, 0.2) is 30.3 Å². The minimum Gasteiger partial charge on any atom is -0.360 e. The fourth-order valence-electron chi connectivity index (χ4n) is 1.47. The molecular weight excluding hydrogens is 192 g/mol. The molecule has 1 unspecified atom stereocenters. The largest absolute Gasteiger partial charge is 0.360 e. The molecule has 1 fully saturated rings. The summed E-state index contributed by atoms with van der Waals surface area (Å²) in [6, 6.07) is 10.4. The van der Waals surface area contributed by atoms with Crippen molar-refractivity contribution >= 4 is 11.8 Å². The topological polar surface area (TPSA) is 9.23 Å². The van der Waals surface area contributed by atoms with E-state index in [0.29, 0.717) is 5.92 Å². The maximum atomic E-state index is 5.93. The van der Waals surface area contributed by atoms with Crippen molar-refractivity contribution in [3.05, 3.63) is 35.9 Å². The highest BCUT2D eigenvalue weighted by molar-refractivity contribution is 8.01. The van der Waals surface area contributed by atoms with Gasteiger partial charge in [-0.25, -0.2) is 0 Å². The summed E-state index contributed by atoms with van der Waals surface area (Å²) in [6.07, 6.45) is 0. The van der Waals surface area contributed by atoms with Crippen LogP contribution < -0.4 is 0 Å². The quantitative estimate of drug-likeness (QED) is 0.753. The second-order valence-electron chi connectivity index (χ2n) is 4.00. The third kappa shape index (κ3) is 1.96. The molecule has 2 rings (SSSR count). The molecule has 76 valence electrons. The van der Waals surface area contributed by atoms with Crippen molar-refractivity contribution in [1.82, 2.24) is 0 Å². The Bertz CT molecular complexity index is 298. The van der Waals surface area contributed by atoms with Gasteiger partial charge in [-0.05, 0) is 12.5 Å². The zero-order valence-corrected chi connectivity index (χ0v) is 9.51. The average Bonchev–Trinajstić information content (AvgIpc) is 2.25. The summed E-state index contributed by atoms with van der Waals surface area (Å²) >= 11 is 1.91. The molecule has 0 saturated carbocycles. The summed E-state index contributed by atoms with van der Waals surface area (Å²) in [7, 11) is 0. The highest BCUT2D eigenvalue weighted by atomic mass is 32.2. The van der Waals surface area contributed by atoms with Crippen molar-refractivity contribution < 1.29 is 4.74 Å². The third-order valence-electron chi connectivity index (χ3n) is 2.88. The van der Waals surface area contributed by atoms with Crippen LogP contribution in [0.2, 0.25) is 0 Å². The monoisotopic (exact) mass is 208 g/mol. The Morgan fingerprint density at radius 1 is 1.43 bits per heavy atom. The first-order valence-electron chi connectivity index (χ1n) is 5.02. The van der Waals surface area contributed by atoms with Crippen molar-refractivity contribution in [3.8, 4) is 0 Å². The van der Waals surface area contributed by atoms with Crippen molar-refractivity contribution in [2.75, 3.05) is 5.75 Å². The Kier molecular flexibility index (Phi) is 2.84. The molecule has 0 aliphatic carbocycles. The number of thioether (sulfide) groups is 1. The van der Waals surface area contributed by atoms with Gasteiger partial charge in [-0.15, -0.1) is 11.8 Å². The van der Waals surface area contributed by atoms with Gasteiger partial charge in [-0.2, -0.15) is 0 Å². The molecule has 1 heterocycles. The van der Waals surface area contributed by atoms with Gasteiger partial charge >= 0.3 is 0 Å². The zero-order valence-electron chi connectivity index (χ0n) is 8.69. The molecule has 2 heteroatoms. The number of ether oxygens (including phenoxy) is 1. The van der Waals surface area contributed by atoms with Crippen molar-refractivity contribution in [2.24, 2.45) is 5.92 Å². The first-order chi connectivity index (χ1) is 6.71. The maximum absolute atomic E-state index is 5.93. The van der Waals surface area contributed by atoms with E-state index in [1.54, 1.807) is 0 Å². The van der Waals surface area contributed by atoms with E-state index in [1.807, 2.05) is 17.8 Å². The fourth-order valence-corrected chi connectivity index (χ4v) is 2.58. The summed E-state index contributed by atoms with van der Waals surface area (Å²) in [5, 5.41) is 0. The summed E-state index contributed by atoms with van der Waals surface area (Å²) in [5.74, 6) is 1.90. The predicted molar refractivity (Wildman–Crippen MR) is 61.3 cm³/mol. The molecule has 0 N–H and O–H groups in total. The van der Waals surface area contributed by atoms with E-state index < -0.39 is 0 Å². The molecule has 0 radical (unpaired) electrons. The number of hydrogen-bond acceptors (Lipinski definition) is 2. The molecule has 1 aliphatic rings. The van der Waals surface area contributed by atoms with E-state index in [2.05, 4.69) is 38.1 Å². The van der Waals surface area contributed by atoms with Crippen molar-refractivity contribution in [2.45, 2.75) is 25.4 Å². The second kappa shape index (κ2) is 3.95. The SMILES string of the molecule is CC1CS[C@@]1(C)OCc1ccccc1. The van der Waals surface area contributed by atoms with Gasteiger partial charge in [0.1, 0.15) is 4.93 Å². The normalized spacial score (nSPS) is 31.1. The van der Waals surface area contributed by atoms with E-state index in [9.17, 15) is 0 Å². The van der Waals surface area contributed by atoms with Crippen molar-refractivity contribution in [3.63, 3.8) is 0 Å². The summed E-state index contributed by atoms with van der Waals surface area (Å²) in [5.41, 5.74) is 1.26. The smallest absolute Gasteiger partial charge is 0.114 e. The lowest BCUT2D eigenvalue weighted by Crippen LogP contribution is -2.43. The molecule has 1 aliphatic heterocycles. The molecular formula is C12H16OS. The minimum absolute atomic E-state index is 0.0514. The van der Waals surface area contributed by atoms with Crippen LogP contribution in [-0.4, -0.2) is 10.7 Å². The van der Waals surface area contributed by atoms with E-state index >= 15 is 0 Å². The minimum atomic E-state index is 0.0514. The van der Waals surface area contributed by atoms with Crippen LogP contribution in [0.1, 0.15) is 19.4 Å². The van der Waals surface area contributed by atoms with Gasteiger partial charge in [0.05, 0.1) is 6.61 Å². The van der Waals surface area contributed by atoms with Crippen LogP contribution in [0.3, 0.4) is 0 Å². The number of rotatable bonds is 3. The van der Waals surface area contributed by atoms with Gasteiger partial charge < -0.3 is 4.74 Å². The molecule has 1 nitrogen and oxygen atoms in total. The Balaban J connectivity index is 1.89. The Morgan fingerprint density at radius 3 is 2.64 bits per heavy atom. The molecule has 1 saturated heterocycles. The van der Waals surface area contributed by atoms with Gasteiger partial charge in [-0.3, -0.25) is 0 Å². The van der Waals surface area contributed by atoms with Crippen molar-refractivity contribution in [1.29, 1.82) is 0 Å². The first kappa shape index (κ1) is 10.1. The lowest BCUT2D eigenvalue weighted by Gasteiger charge is -2.44. The Morgan fingerprint density at radius 2 is 2.14 bits per heavy atom. The third-order valence-corrected chi connectivity index (χ3v) is 4.64. The predicted octanol–water partition coefficient (Wildman–Crippen LogP) is 3.30. The molecule has 2 atom stereocenters. The van der Waals surface area contributed by atoms with Gasteiger partial charge in [-0.1, -0.05) is 37.3 Å². The van der Waals surface area contributed by atoms with Gasteiger partial charge in [0.25, 0.3) is 0 Å². The maximum Gasteiger partial charge on any atom is 0.114 e. The zero-order chi connectivity index (χ0) is 10.0. The summed E-state index contributed by atoms with van der Waals surface area (Å²) in [6.45, 7) is 5.17. The molecule has 14 heavy (non-hydrogen) atoms. The molecule has 0 amide bonds. The average molecular weight is 208 g/mol.